The Hall–Kier alpha value is -3.18. The molecule has 1 heterocycles. The van der Waals surface area contributed by atoms with Gasteiger partial charge in [0.1, 0.15) is 5.75 Å². The lowest BCUT2D eigenvalue weighted by molar-refractivity contribution is -0.132. The number of ether oxygens (including phenoxy) is 1. The molecule has 1 aromatic carbocycles. The van der Waals surface area contributed by atoms with E-state index in [-0.39, 0.29) is 18.6 Å². The van der Waals surface area contributed by atoms with Crippen LogP contribution in [-0.2, 0) is 9.59 Å². The number of rotatable bonds is 7. The van der Waals surface area contributed by atoms with Gasteiger partial charge in [-0.05, 0) is 42.6 Å². The lowest BCUT2D eigenvalue weighted by Gasteiger charge is -2.15. The smallest absolute Gasteiger partial charge is 0.279 e. The Kier molecular flexibility index (Phi) is 6.88. The highest BCUT2D eigenvalue weighted by Crippen LogP contribution is 2.14. The quantitative estimate of drug-likeness (QED) is 0.573. The van der Waals surface area contributed by atoms with Crippen molar-refractivity contribution >= 4 is 28.9 Å². The second kappa shape index (κ2) is 9.34. The molecule has 2 aromatic rings. The molecule has 0 aliphatic rings. The van der Waals surface area contributed by atoms with Crippen molar-refractivity contribution in [2.24, 2.45) is 0 Å². The molecular formula is C18H17N3O4S. The molecule has 1 atom stereocenters. The first kappa shape index (κ1) is 19.1. The molecule has 0 fully saturated rings. The monoisotopic (exact) mass is 371 g/mol. The van der Waals surface area contributed by atoms with Gasteiger partial charge in [-0.2, -0.15) is 5.26 Å². The number of thiophene rings is 1. The number of Topliss-reactive ketones (excluding diaryl/α,β-unsaturated/α-hetero) is 1. The Labute approximate surface area is 154 Å². The Morgan fingerprint density at radius 2 is 1.88 bits per heavy atom. The van der Waals surface area contributed by atoms with Crippen LogP contribution in [0.3, 0.4) is 0 Å². The molecule has 0 aliphatic carbocycles. The number of benzene rings is 1. The number of carbonyl (C=O) groups is 3. The van der Waals surface area contributed by atoms with Crippen molar-refractivity contribution in [1.29, 1.82) is 5.26 Å². The van der Waals surface area contributed by atoms with Gasteiger partial charge in [-0.25, -0.2) is 0 Å². The molecule has 134 valence electrons. The van der Waals surface area contributed by atoms with Crippen molar-refractivity contribution < 1.29 is 19.1 Å². The summed E-state index contributed by atoms with van der Waals surface area (Å²) in [5.74, 6) is -0.681. The van der Waals surface area contributed by atoms with Gasteiger partial charge in [-0.3, -0.25) is 25.2 Å². The van der Waals surface area contributed by atoms with E-state index in [0.717, 1.165) is 0 Å². The molecule has 7 nitrogen and oxygen atoms in total. The predicted molar refractivity (Wildman–Crippen MR) is 95.4 cm³/mol. The largest absolute Gasteiger partial charge is 0.481 e. The summed E-state index contributed by atoms with van der Waals surface area (Å²) in [5, 5.41) is 10.5. The molecule has 0 aliphatic heterocycles. The molecule has 1 aromatic heterocycles. The summed E-state index contributed by atoms with van der Waals surface area (Å²) in [4.78, 5) is 36.1. The molecule has 1 unspecified atom stereocenters. The number of hydrogen-bond donors (Lipinski definition) is 2. The van der Waals surface area contributed by atoms with Gasteiger partial charge >= 0.3 is 0 Å². The average molecular weight is 371 g/mol. The summed E-state index contributed by atoms with van der Waals surface area (Å²) in [6.07, 6.45) is -0.808. The van der Waals surface area contributed by atoms with Crippen molar-refractivity contribution in [3.63, 3.8) is 0 Å². The summed E-state index contributed by atoms with van der Waals surface area (Å²) in [7, 11) is 0. The summed E-state index contributed by atoms with van der Waals surface area (Å²) in [6, 6.07) is 11.8. The molecule has 0 saturated carbocycles. The van der Waals surface area contributed by atoms with Crippen LogP contribution < -0.4 is 15.6 Å². The van der Waals surface area contributed by atoms with Crippen molar-refractivity contribution in [3.8, 4) is 11.8 Å². The van der Waals surface area contributed by atoms with E-state index in [1.807, 2.05) is 6.07 Å². The van der Waals surface area contributed by atoms with Gasteiger partial charge in [-0.15, -0.1) is 11.3 Å². The lowest BCUT2D eigenvalue weighted by Crippen LogP contribution is -2.47. The third kappa shape index (κ3) is 5.72. The molecule has 26 heavy (non-hydrogen) atoms. The normalized spacial score (nSPS) is 11.1. The molecule has 0 bridgehead atoms. The minimum atomic E-state index is -0.851. The number of ketones is 1. The number of hydrogen-bond acceptors (Lipinski definition) is 6. The molecule has 0 saturated heterocycles. The van der Waals surface area contributed by atoms with Gasteiger partial charge in [0.2, 0.25) is 5.91 Å². The van der Waals surface area contributed by atoms with Crippen LogP contribution in [0.5, 0.6) is 5.75 Å². The first-order chi connectivity index (χ1) is 12.5. The van der Waals surface area contributed by atoms with Crippen LogP contribution in [0.4, 0.5) is 0 Å². The molecule has 8 heteroatoms. The first-order valence-electron chi connectivity index (χ1n) is 7.82. The number of nitrogens with one attached hydrogen (secondary N) is 2. The van der Waals surface area contributed by atoms with Gasteiger partial charge in [-0.1, -0.05) is 6.07 Å². The Morgan fingerprint density at radius 1 is 1.15 bits per heavy atom. The summed E-state index contributed by atoms with van der Waals surface area (Å²) in [6.45, 7) is 1.53. The van der Waals surface area contributed by atoms with Crippen LogP contribution in [0.2, 0.25) is 0 Å². The van der Waals surface area contributed by atoms with Crippen LogP contribution >= 0.6 is 11.3 Å². The topological polar surface area (TPSA) is 108 Å². The number of nitrogens with zero attached hydrogens (tertiary/aromatic N) is 1. The molecule has 0 radical (unpaired) electrons. The maximum atomic E-state index is 11.9. The maximum Gasteiger partial charge on any atom is 0.279 e. The van der Waals surface area contributed by atoms with Gasteiger partial charge in [0, 0.05) is 12.8 Å². The van der Waals surface area contributed by atoms with Crippen LogP contribution in [-0.4, -0.2) is 23.7 Å². The van der Waals surface area contributed by atoms with E-state index in [1.54, 1.807) is 41.8 Å². The van der Waals surface area contributed by atoms with Gasteiger partial charge in [0.25, 0.3) is 5.91 Å². The van der Waals surface area contributed by atoms with E-state index >= 15 is 0 Å². The lowest BCUT2D eigenvalue weighted by atomic mass is 10.2. The van der Waals surface area contributed by atoms with E-state index in [4.69, 9.17) is 10.00 Å². The van der Waals surface area contributed by atoms with Gasteiger partial charge in [0.15, 0.2) is 11.9 Å². The van der Waals surface area contributed by atoms with E-state index in [0.29, 0.717) is 16.2 Å². The average Bonchev–Trinajstić information content (AvgIpc) is 3.19. The van der Waals surface area contributed by atoms with Crippen molar-refractivity contribution in [1.82, 2.24) is 10.9 Å². The minimum absolute atomic E-state index is 0.0259. The Balaban J connectivity index is 1.71. The SMILES string of the molecule is CC(Oc1ccc(C#N)cc1)C(=O)NNC(=O)CCC(=O)c1cccs1. The standard InChI is InChI=1S/C18H17N3O4S/c1-12(25-14-6-4-13(11-19)5-7-14)18(24)21-20-17(23)9-8-15(22)16-3-2-10-26-16/h2-7,10,12H,8-9H2,1H3,(H,20,23)(H,21,24). The molecule has 2 amide bonds. The fraction of sp³-hybridized carbons (Fsp3) is 0.222. The Bertz CT molecular complexity index is 810. The zero-order valence-electron chi connectivity index (χ0n) is 14.0. The van der Waals surface area contributed by atoms with Crippen molar-refractivity contribution in [3.05, 3.63) is 52.2 Å². The number of carbonyl (C=O) groups excluding carboxylic acids is 3. The van der Waals surface area contributed by atoms with Crippen molar-refractivity contribution in [2.45, 2.75) is 25.9 Å². The summed E-state index contributed by atoms with van der Waals surface area (Å²) in [5.41, 5.74) is 5.00. The maximum absolute atomic E-state index is 11.9. The highest BCUT2D eigenvalue weighted by Gasteiger charge is 2.16. The van der Waals surface area contributed by atoms with E-state index in [1.165, 1.54) is 18.3 Å². The zero-order chi connectivity index (χ0) is 18.9. The van der Waals surface area contributed by atoms with Crippen LogP contribution in [0.15, 0.2) is 41.8 Å². The third-order valence-electron chi connectivity index (χ3n) is 3.37. The highest BCUT2D eigenvalue weighted by molar-refractivity contribution is 7.12. The number of hydrazine groups is 1. The second-order valence-corrected chi connectivity index (χ2v) is 6.28. The van der Waals surface area contributed by atoms with Gasteiger partial charge < -0.3 is 4.74 Å². The fourth-order valence-corrected chi connectivity index (χ4v) is 2.64. The molecular weight excluding hydrogens is 354 g/mol. The molecule has 0 spiro atoms. The highest BCUT2D eigenvalue weighted by atomic mass is 32.1. The van der Waals surface area contributed by atoms with Gasteiger partial charge in [0.05, 0.1) is 16.5 Å². The zero-order valence-corrected chi connectivity index (χ0v) is 14.8. The first-order valence-corrected chi connectivity index (χ1v) is 8.70. The number of nitriles is 1. The van der Waals surface area contributed by atoms with Crippen molar-refractivity contribution in [2.75, 3.05) is 0 Å². The third-order valence-corrected chi connectivity index (χ3v) is 4.28. The summed E-state index contributed by atoms with van der Waals surface area (Å²) < 4.78 is 5.43. The second-order valence-electron chi connectivity index (χ2n) is 5.33. The van der Waals surface area contributed by atoms with E-state index in [2.05, 4.69) is 10.9 Å². The summed E-state index contributed by atoms with van der Waals surface area (Å²) >= 11 is 1.32. The predicted octanol–water partition coefficient (Wildman–Crippen LogP) is 2.20. The van der Waals surface area contributed by atoms with Crippen LogP contribution in [0.1, 0.15) is 35.0 Å². The fourth-order valence-electron chi connectivity index (χ4n) is 1.95. The van der Waals surface area contributed by atoms with Crippen LogP contribution in [0.25, 0.3) is 0 Å². The minimum Gasteiger partial charge on any atom is -0.481 e. The van der Waals surface area contributed by atoms with E-state index < -0.39 is 17.9 Å². The molecule has 2 N–H and O–H groups in total. The number of amides is 2. The van der Waals surface area contributed by atoms with E-state index in [9.17, 15) is 14.4 Å². The van der Waals surface area contributed by atoms with Crippen LogP contribution in [0, 0.1) is 11.3 Å². The molecule has 2 rings (SSSR count). The Morgan fingerprint density at radius 3 is 2.50 bits per heavy atom.